The zero-order valence-electron chi connectivity index (χ0n) is 26.9. The number of aliphatic hydroxyl groups excluding tert-OH is 1. The molecule has 3 nitrogen and oxygen atoms in total. The number of halogens is 1. The number of alkyl halides is 1. The molecule has 0 bridgehead atoms. The van der Waals surface area contributed by atoms with Crippen molar-refractivity contribution in [2.45, 2.75) is 92.3 Å². The maximum Gasteiger partial charge on any atom is 0.189 e. The molecule has 0 spiro atoms. The summed E-state index contributed by atoms with van der Waals surface area (Å²) in [6.45, 7) is 16.9. The number of benzene rings is 2. The molecule has 0 unspecified atom stereocenters. The maximum atomic E-state index is 11.7. The molecule has 2 aromatic heterocycles. The van der Waals surface area contributed by atoms with Gasteiger partial charge in [0.1, 0.15) is 0 Å². The van der Waals surface area contributed by atoms with Crippen LogP contribution in [-0.4, -0.2) is 30.6 Å². The van der Waals surface area contributed by atoms with Crippen LogP contribution < -0.4 is 4.50 Å². The van der Waals surface area contributed by atoms with Gasteiger partial charge in [-0.05, 0) is 47.2 Å². The van der Waals surface area contributed by atoms with E-state index in [9.17, 15) is 14.3 Å². The van der Waals surface area contributed by atoms with Crippen molar-refractivity contribution in [3.8, 4) is 11.3 Å². The Kier molecular flexibility index (Phi) is 14.4. The van der Waals surface area contributed by atoms with Crippen molar-refractivity contribution >= 4 is 50.6 Å². The van der Waals surface area contributed by atoms with Gasteiger partial charge in [0.05, 0.1) is 13.8 Å². The van der Waals surface area contributed by atoms with Gasteiger partial charge in [0.2, 0.25) is 0 Å². The first-order valence-electron chi connectivity index (χ1n) is 15.4. The van der Waals surface area contributed by atoms with E-state index in [1.54, 1.807) is 4.50 Å². The molecule has 0 fully saturated rings. The van der Waals surface area contributed by atoms with Crippen LogP contribution in [0, 0.1) is 18.9 Å². The quantitative estimate of drug-likeness (QED) is 0.0712. The average molecular weight is 797 g/mol. The molecule has 2 heterocycles. The third-order valence-corrected chi connectivity index (χ3v) is 17.0. The number of carbonyl (C=O) groups is 1. The SMILES string of the molecule is CCC(CC)/C(O)=C/C(=O)CF.CC[Si](CC)(CC)c1sc2c(-c3[c-]c4ccccc4c(C(C)C)c3)nccc2c1C.[Ir]. The largest absolute Gasteiger partial charge is 0.512 e. The fourth-order valence-electron chi connectivity index (χ4n) is 5.97. The van der Waals surface area contributed by atoms with Gasteiger partial charge in [0, 0.05) is 48.7 Å². The molecular formula is C36H47FIrNO2SSi-. The number of allylic oxidation sites excluding steroid dienone is 2. The van der Waals surface area contributed by atoms with Crippen LogP contribution in [0.3, 0.4) is 0 Å². The van der Waals surface area contributed by atoms with Gasteiger partial charge < -0.3 is 5.11 Å². The van der Waals surface area contributed by atoms with Crippen LogP contribution >= 0.6 is 11.3 Å². The fourth-order valence-corrected chi connectivity index (χ4v) is 12.9. The number of aromatic nitrogens is 1. The summed E-state index contributed by atoms with van der Waals surface area (Å²) < 4.78 is 14.7. The molecule has 4 aromatic rings. The van der Waals surface area contributed by atoms with Crippen molar-refractivity contribution in [1.82, 2.24) is 4.98 Å². The molecule has 1 radical (unpaired) electrons. The molecule has 0 atom stereocenters. The standard InChI is InChI=1S/C27H32NSSi.C9H15FO2.Ir/c1-7-30(8-2,9-3)27-19(6)22-14-15-28-25(26(22)29-27)21-16-20-12-10-11-13-23(20)24(17-21)18(4)5;1-3-7(4-2)9(12)5-8(11)6-10;/h10-15,17-18H,7-9H2,1-6H3;5,7,12H,3-4,6H2,1-2H3;/q-1;;/b;9-5-;. The van der Waals surface area contributed by atoms with E-state index in [1.807, 2.05) is 31.4 Å². The van der Waals surface area contributed by atoms with E-state index in [0.717, 1.165) is 30.2 Å². The number of hydrogen-bond acceptors (Lipinski definition) is 4. The Morgan fingerprint density at radius 2 is 1.67 bits per heavy atom. The smallest absolute Gasteiger partial charge is 0.189 e. The molecule has 43 heavy (non-hydrogen) atoms. The van der Waals surface area contributed by atoms with E-state index < -0.39 is 20.5 Å². The number of fused-ring (bicyclic) bond motifs is 2. The Morgan fingerprint density at radius 1 is 1.05 bits per heavy atom. The number of nitrogens with zero attached hydrogens (tertiary/aromatic N) is 1. The minimum Gasteiger partial charge on any atom is -0.512 e. The molecule has 0 aliphatic carbocycles. The van der Waals surface area contributed by atoms with Crippen LogP contribution in [0.2, 0.25) is 18.1 Å². The zero-order valence-corrected chi connectivity index (χ0v) is 31.1. The van der Waals surface area contributed by atoms with Crippen molar-refractivity contribution in [2.24, 2.45) is 5.92 Å². The summed E-state index contributed by atoms with van der Waals surface area (Å²) >= 11 is 2.02. The van der Waals surface area contributed by atoms with Crippen LogP contribution in [0.1, 0.15) is 78.4 Å². The summed E-state index contributed by atoms with van der Waals surface area (Å²) in [5.41, 5.74) is 5.12. The first kappa shape index (κ1) is 37.0. The number of aliphatic hydroxyl groups is 1. The number of pyridine rings is 1. The second-order valence-corrected chi connectivity index (χ2v) is 18.0. The average Bonchev–Trinajstić information content (AvgIpc) is 3.35. The number of aryl methyl sites for hydroxylation is 1. The summed E-state index contributed by atoms with van der Waals surface area (Å²) in [5.74, 6) is -0.217. The summed E-state index contributed by atoms with van der Waals surface area (Å²) in [7, 11) is -1.44. The predicted octanol–water partition coefficient (Wildman–Crippen LogP) is 10.5. The minimum absolute atomic E-state index is 0. The molecule has 235 valence electrons. The predicted molar refractivity (Wildman–Crippen MR) is 183 cm³/mol. The molecule has 4 rings (SSSR count). The van der Waals surface area contributed by atoms with E-state index in [2.05, 4.69) is 84.0 Å². The Bertz CT molecular complexity index is 1530. The van der Waals surface area contributed by atoms with Gasteiger partial charge in [-0.3, -0.25) is 9.78 Å². The fraction of sp³-hybridized carbons (Fsp3) is 0.444. The van der Waals surface area contributed by atoms with Crippen LogP contribution in [0.15, 0.2) is 54.4 Å². The summed E-state index contributed by atoms with van der Waals surface area (Å²) in [6, 6.07) is 20.8. The van der Waals surface area contributed by atoms with E-state index >= 15 is 0 Å². The molecular weight excluding hydrogens is 750 g/mol. The molecule has 2 aromatic carbocycles. The van der Waals surface area contributed by atoms with Crippen molar-refractivity contribution in [3.63, 3.8) is 0 Å². The summed E-state index contributed by atoms with van der Waals surface area (Å²) in [4.78, 5) is 15.4. The maximum absolute atomic E-state index is 11.7. The van der Waals surface area contributed by atoms with Crippen molar-refractivity contribution in [3.05, 3.63) is 71.6 Å². The van der Waals surface area contributed by atoms with E-state index in [-0.39, 0.29) is 31.8 Å². The molecule has 1 N–H and O–H groups in total. The van der Waals surface area contributed by atoms with Gasteiger partial charge in [0.25, 0.3) is 0 Å². The zero-order chi connectivity index (χ0) is 31.0. The monoisotopic (exact) mass is 797 g/mol. The topological polar surface area (TPSA) is 50.2 Å². The molecule has 0 saturated heterocycles. The number of hydrogen-bond donors (Lipinski definition) is 1. The summed E-state index contributed by atoms with van der Waals surface area (Å²) in [6.07, 6.45) is 4.50. The van der Waals surface area contributed by atoms with Gasteiger partial charge in [-0.15, -0.1) is 29.1 Å². The van der Waals surface area contributed by atoms with E-state index in [4.69, 9.17) is 4.98 Å². The van der Waals surface area contributed by atoms with Crippen LogP contribution in [0.5, 0.6) is 0 Å². The van der Waals surface area contributed by atoms with Crippen LogP contribution in [-0.2, 0) is 24.9 Å². The van der Waals surface area contributed by atoms with E-state index in [0.29, 0.717) is 5.92 Å². The second-order valence-electron chi connectivity index (χ2n) is 11.5. The number of ketones is 1. The van der Waals surface area contributed by atoms with Gasteiger partial charge in [-0.1, -0.05) is 95.7 Å². The minimum atomic E-state index is -1.44. The Balaban J connectivity index is 0.000000424. The van der Waals surface area contributed by atoms with E-state index in [1.165, 1.54) is 50.1 Å². The van der Waals surface area contributed by atoms with Gasteiger partial charge >= 0.3 is 0 Å². The Morgan fingerprint density at radius 3 is 2.23 bits per heavy atom. The van der Waals surface area contributed by atoms with Crippen LogP contribution in [0.25, 0.3) is 32.1 Å². The number of thiophene rings is 1. The Hall–Kier alpha value is -2.18. The third kappa shape index (κ3) is 8.11. The van der Waals surface area contributed by atoms with Crippen molar-refractivity contribution in [2.75, 3.05) is 6.67 Å². The third-order valence-electron chi connectivity index (χ3n) is 8.89. The Labute approximate surface area is 276 Å². The first-order valence-corrected chi connectivity index (χ1v) is 18.9. The van der Waals surface area contributed by atoms with Crippen LogP contribution in [0.4, 0.5) is 4.39 Å². The molecule has 0 aliphatic heterocycles. The molecule has 0 amide bonds. The normalized spacial score (nSPS) is 12.0. The number of rotatable bonds is 11. The van der Waals surface area contributed by atoms with Gasteiger partial charge in [0.15, 0.2) is 12.5 Å². The van der Waals surface area contributed by atoms with Gasteiger partial charge in [-0.25, -0.2) is 4.39 Å². The van der Waals surface area contributed by atoms with Crippen molar-refractivity contribution in [1.29, 1.82) is 0 Å². The number of carbonyl (C=O) groups excluding carboxylic acids is 1. The summed E-state index contributed by atoms with van der Waals surface area (Å²) in [5, 5.41) is 13.2. The first-order chi connectivity index (χ1) is 20.1. The second kappa shape index (κ2) is 16.8. The molecule has 7 heteroatoms. The molecule has 0 aliphatic rings. The molecule has 0 saturated carbocycles. The van der Waals surface area contributed by atoms with Gasteiger partial charge in [-0.2, -0.15) is 11.3 Å². The van der Waals surface area contributed by atoms with Crippen molar-refractivity contribution < 1.29 is 34.4 Å².